The summed E-state index contributed by atoms with van der Waals surface area (Å²) in [5.41, 5.74) is 1.26. The van der Waals surface area contributed by atoms with Crippen LogP contribution in [0, 0.1) is 5.92 Å². The van der Waals surface area contributed by atoms with E-state index in [0.29, 0.717) is 5.69 Å². The van der Waals surface area contributed by atoms with Crippen molar-refractivity contribution < 1.29 is 43.0 Å². The van der Waals surface area contributed by atoms with Crippen LogP contribution in [0.1, 0.15) is 26.3 Å². The highest BCUT2D eigenvalue weighted by molar-refractivity contribution is 6.12. The first-order chi connectivity index (χ1) is 18.6. The molecular weight excluding hydrogens is 512 g/mol. The van der Waals surface area contributed by atoms with E-state index in [4.69, 9.17) is 14.2 Å². The molecule has 0 aliphatic carbocycles. The normalized spacial score (nSPS) is 13.4. The molecule has 1 unspecified atom stereocenters. The summed E-state index contributed by atoms with van der Waals surface area (Å²) in [5, 5.41) is 7.75. The van der Waals surface area contributed by atoms with E-state index in [-0.39, 0.29) is 69.8 Å². The Morgan fingerprint density at radius 1 is 0.897 bits per heavy atom. The van der Waals surface area contributed by atoms with Crippen molar-refractivity contribution in [3.8, 4) is 0 Å². The maximum absolute atomic E-state index is 12.6. The van der Waals surface area contributed by atoms with Crippen molar-refractivity contribution in [3.63, 3.8) is 0 Å². The summed E-state index contributed by atoms with van der Waals surface area (Å²) in [4.78, 5) is 71.9. The fraction of sp³-hybridized carbons (Fsp3) is 0.462. The lowest BCUT2D eigenvalue weighted by Crippen LogP contribution is -2.51. The molecule has 39 heavy (non-hydrogen) atoms. The smallest absolute Gasteiger partial charge is 0.302 e. The van der Waals surface area contributed by atoms with Gasteiger partial charge in [-0.25, -0.2) is 0 Å². The number of nitrogens with one attached hydrogen (secondary N) is 3. The number of imide groups is 1. The number of esters is 1. The fourth-order valence-corrected chi connectivity index (χ4v) is 3.29. The van der Waals surface area contributed by atoms with E-state index in [1.165, 1.54) is 19.1 Å². The maximum Gasteiger partial charge on any atom is 0.302 e. The Hall–Kier alpha value is -4.10. The Bertz CT molecular complexity index is 1050. The number of ether oxygens (including phenoxy) is 3. The Balaban J connectivity index is 1.64. The molecule has 5 amide bonds. The Labute approximate surface area is 226 Å². The molecule has 13 heteroatoms. The van der Waals surface area contributed by atoms with Crippen LogP contribution in [0.5, 0.6) is 0 Å². The molecular formula is C26H34N4O9. The van der Waals surface area contributed by atoms with Crippen LogP contribution < -0.4 is 16.0 Å². The molecule has 1 aromatic rings. The quantitative estimate of drug-likeness (QED) is 0.146. The largest absolute Gasteiger partial charge is 0.461 e. The summed E-state index contributed by atoms with van der Waals surface area (Å²) >= 11 is 0. The average molecular weight is 547 g/mol. The number of anilines is 1. The van der Waals surface area contributed by atoms with E-state index in [9.17, 15) is 28.8 Å². The van der Waals surface area contributed by atoms with E-state index in [0.717, 1.165) is 10.5 Å². The van der Waals surface area contributed by atoms with Crippen LogP contribution in [-0.4, -0.2) is 86.0 Å². The van der Waals surface area contributed by atoms with Gasteiger partial charge in [0.25, 0.3) is 11.8 Å². The number of nitrogens with zero attached hydrogens (tertiary/aromatic N) is 1. The lowest BCUT2D eigenvalue weighted by atomic mass is 10.0. The van der Waals surface area contributed by atoms with Gasteiger partial charge in [0.15, 0.2) is 0 Å². The van der Waals surface area contributed by atoms with E-state index in [2.05, 4.69) is 16.0 Å². The highest BCUT2D eigenvalue weighted by atomic mass is 16.5. The van der Waals surface area contributed by atoms with Crippen LogP contribution in [0.2, 0.25) is 0 Å². The van der Waals surface area contributed by atoms with Gasteiger partial charge in [0.1, 0.15) is 19.3 Å². The summed E-state index contributed by atoms with van der Waals surface area (Å²) in [6.45, 7) is 4.85. The monoisotopic (exact) mass is 546 g/mol. The van der Waals surface area contributed by atoms with Gasteiger partial charge in [-0.3, -0.25) is 33.7 Å². The highest BCUT2D eigenvalue weighted by Crippen LogP contribution is 2.10. The summed E-state index contributed by atoms with van der Waals surface area (Å²) in [6.07, 6.45) is 2.39. The van der Waals surface area contributed by atoms with Gasteiger partial charge in [-0.2, -0.15) is 0 Å². The van der Waals surface area contributed by atoms with E-state index in [1.807, 2.05) is 0 Å². The van der Waals surface area contributed by atoms with Gasteiger partial charge in [0.2, 0.25) is 17.7 Å². The van der Waals surface area contributed by atoms with Crippen LogP contribution in [0.4, 0.5) is 5.69 Å². The summed E-state index contributed by atoms with van der Waals surface area (Å²) in [7, 11) is 0. The Morgan fingerprint density at radius 3 is 2.15 bits per heavy atom. The number of amides is 5. The standard InChI is InChI=1S/C26H34N4O9/c1-17(2)25(29-22(33)16-38-13-12-37-11-10-30-23(34)8-9-24(30)35)26(36)27-14-21(32)28-20-6-4-19(5-7-20)15-39-18(3)31/h4-9,17,25H,10-16H2,1-3H3,(H,27,36)(H,28,32)(H,29,33). The fourth-order valence-electron chi connectivity index (χ4n) is 3.29. The van der Waals surface area contributed by atoms with Crippen molar-refractivity contribution in [2.45, 2.75) is 33.4 Å². The molecule has 1 aliphatic heterocycles. The number of carbonyl (C=O) groups is 6. The average Bonchev–Trinajstić information content (AvgIpc) is 3.21. The molecule has 0 fully saturated rings. The van der Waals surface area contributed by atoms with Crippen molar-refractivity contribution in [2.75, 3.05) is 44.8 Å². The van der Waals surface area contributed by atoms with Crippen LogP contribution in [0.3, 0.4) is 0 Å². The Morgan fingerprint density at radius 2 is 1.54 bits per heavy atom. The summed E-state index contributed by atoms with van der Waals surface area (Å²) in [5.74, 6) is -2.90. The van der Waals surface area contributed by atoms with Gasteiger partial charge in [-0.15, -0.1) is 0 Å². The van der Waals surface area contributed by atoms with Crippen molar-refractivity contribution in [1.29, 1.82) is 0 Å². The first-order valence-electron chi connectivity index (χ1n) is 12.3. The molecule has 0 radical (unpaired) electrons. The first-order valence-corrected chi connectivity index (χ1v) is 12.3. The number of rotatable bonds is 16. The number of benzene rings is 1. The summed E-state index contributed by atoms with van der Waals surface area (Å²) < 4.78 is 15.5. The molecule has 0 saturated heterocycles. The van der Waals surface area contributed by atoms with Crippen molar-refractivity contribution in [2.24, 2.45) is 5.92 Å². The van der Waals surface area contributed by atoms with Gasteiger partial charge in [-0.05, 0) is 23.6 Å². The SMILES string of the molecule is CC(=O)OCc1ccc(NC(=O)CNC(=O)C(NC(=O)COCCOCCN2C(=O)C=CC2=O)C(C)C)cc1. The zero-order chi connectivity index (χ0) is 28.8. The maximum atomic E-state index is 12.6. The molecule has 0 aromatic heterocycles. The highest BCUT2D eigenvalue weighted by Gasteiger charge is 2.25. The third-order valence-corrected chi connectivity index (χ3v) is 5.33. The zero-order valence-corrected chi connectivity index (χ0v) is 22.2. The molecule has 3 N–H and O–H groups in total. The van der Waals surface area contributed by atoms with Gasteiger partial charge in [-0.1, -0.05) is 26.0 Å². The number of carbonyl (C=O) groups excluding carboxylic acids is 6. The zero-order valence-electron chi connectivity index (χ0n) is 22.2. The predicted molar refractivity (Wildman–Crippen MR) is 138 cm³/mol. The molecule has 2 rings (SSSR count). The molecule has 1 atom stereocenters. The lowest BCUT2D eigenvalue weighted by Gasteiger charge is -2.21. The minimum Gasteiger partial charge on any atom is -0.461 e. The summed E-state index contributed by atoms with van der Waals surface area (Å²) in [6, 6.07) is 5.81. The van der Waals surface area contributed by atoms with Crippen molar-refractivity contribution in [1.82, 2.24) is 15.5 Å². The molecule has 0 saturated carbocycles. The van der Waals surface area contributed by atoms with Gasteiger partial charge in [0.05, 0.1) is 32.9 Å². The van der Waals surface area contributed by atoms with Crippen molar-refractivity contribution >= 4 is 41.2 Å². The third-order valence-electron chi connectivity index (χ3n) is 5.33. The molecule has 1 aliphatic rings. The van der Waals surface area contributed by atoms with E-state index >= 15 is 0 Å². The van der Waals surface area contributed by atoms with E-state index in [1.54, 1.807) is 38.1 Å². The molecule has 1 aromatic carbocycles. The molecule has 13 nitrogen and oxygen atoms in total. The van der Waals surface area contributed by atoms with Crippen LogP contribution in [-0.2, 0) is 49.6 Å². The van der Waals surface area contributed by atoms with Crippen LogP contribution >= 0.6 is 0 Å². The molecule has 0 bridgehead atoms. The van der Waals surface area contributed by atoms with Gasteiger partial charge < -0.3 is 30.2 Å². The molecule has 1 heterocycles. The second kappa shape index (κ2) is 16.0. The lowest BCUT2D eigenvalue weighted by molar-refractivity contribution is -0.142. The van der Waals surface area contributed by atoms with Crippen LogP contribution in [0.25, 0.3) is 0 Å². The van der Waals surface area contributed by atoms with Crippen LogP contribution in [0.15, 0.2) is 36.4 Å². The van der Waals surface area contributed by atoms with E-state index < -0.39 is 23.8 Å². The molecule has 212 valence electrons. The second-order valence-corrected chi connectivity index (χ2v) is 8.86. The van der Waals surface area contributed by atoms with Crippen molar-refractivity contribution in [3.05, 3.63) is 42.0 Å². The van der Waals surface area contributed by atoms with Gasteiger partial charge in [0, 0.05) is 24.8 Å². The third kappa shape index (κ3) is 11.4. The Kier molecular flexibility index (Phi) is 12.8. The molecule has 0 spiro atoms. The topological polar surface area (TPSA) is 169 Å². The van der Waals surface area contributed by atoms with Gasteiger partial charge >= 0.3 is 5.97 Å². The number of hydrogen-bond acceptors (Lipinski definition) is 9. The minimum absolute atomic E-state index is 0.0943. The number of hydrogen-bond donors (Lipinski definition) is 3. The predicted octanol–water partition coefficient (Wildman–Crippen LogP) is -0.0966. The minimum atomic E-state index is -0.880. The first kappa shape index (κ1) is 31.1. The second-order valence-electron chi connectivity index (χ2n) is 8.86.